The van der Waals surface area contributed by atoms with Crippen LogP contribution in [0.5, 0.6) is 0 Å². The highest BCUT2D eigenvalue weighted by atomic mass is 16.1. The minimum absolute atomic E-state index is 0.0114. The molecule has 0 atom stereocenters. The Morgan fingerprint density at radius 2 is 2.25 bits per heavy atom. The molecule has 0 aliphatic rings. The van der Waals surface area contributed by atoms with E-state index in [0.29, 0.717) is 5.56 Å². The van der Waals surface area contributed by atoms with E-state index in [0.717, 1.165) is 0 Å². The number of ketones is 1. The number of aryl methyl sites for hydroxylation is 1. The Bertz CT molecular complexity index is 352. The van der Waals surface area contributed by atoms with E-state index < -0.39 is 0 Å². The van der Waals surface area contributed by atoms with Gasteiger partial charge in [0.1, 0.15) is 5.78 Å². The van der Waals surface area contributed by atoms with Crippen LogP contribution in [0.4, 0.5) is 0 Å². The van der Waals surface area contributed by atoms with E-state index in [4.69, 9.17) is 0 Å². The lowest BCUT2D eigenvalue weighted by Gasteiger charge is -2.02. The predicted molar refractivity (Wildman–Crippen MR) is 46.1 cm³/mol. The number of hydrogen-bond donors (Lipinski definition) is 0. The zero-order chi connectivity index (χ0) is 9.14. The smallest absolute Gasteiger partial charge is 0.253 e. The maximum absolute atomic E-state index is 11.3. The molecule has 0 bridgehead atoms. The van der Waals surface area contributed by atoms with Gasteiger partial charge in [-0.3, -0.25) is 9.59 Å². The first-order valence-corrected chi connectivity index (χ1v) is 3.77. The van der Waals surface area contributed by atoms with Crippen LogP contribution in [0, 0.1) is 6.92 Å². The van der Waals surface area contributed by atoms with Gasteiger partial charge in [0.2, 0.25) is 0 Å². The van der Waals surface area contributed by atoms with Crippen molar-refractivity contribution in [3.8, 4) is 0 Å². The third-order valence-electron chi connectivity index (χ3n) is 1.60. The van der Waals surface area contributed by atoms with Crippen molar-refractivity contribution in [1.29, 1.82) is 0 Å². The van der Waals surface area contributed by atoms with E-state index in [9.17, 15) is 9.59 Å². The first-order chi connectivity index (χ1) is 5.61. The molecule has 0 spiro atoms. The lowest BCUT2D eigenvalue weighted by Crippen LogP contribution is -2.23. The molecule has 0 aliphatic carbocycles. The molecule has 1 heterocycles. The first-order valence-electron chi connectivity index (χ1n) is 3.77. The Morgan fingerprint density at radius 3 is 2.83 bits per heavy atom. The van der Waals surface area contributed by atoms with Crippen LogP contribution in [-0.2, 0) is 11.3 Å². The highest BCUT2D eigenvalue weighted by molar-refractivity contribution is 5.75. The second kappa shape index (κ2) is 3.34. The number of rotatable bonds is 2. The number of carbonyl (C=O) groups is 1. The van der Waals surface area contributed by atoms with Crippen LogP contribution < -0.4 is 5.56 Å². The summed E-state index contributed by atoms with van der Waals surface area (Å²) >= 11 is 0. The van der Waals surface area contributed by atoms with Crippen molar-refractivity contribution >= 4 is 5.78 Å². The quantitative estimate of drug-likeness (QED) is 0.648. The molecule has 1 aromatic rings. The van der Waals surface area contributed by atoms with E-state index in [1.807, 2.05) is 0 Å². The van der Waals surface area contributed by atoms with Crippen molar-refractivity contribution in [2.24, 2.45) is 0 Å². The van der Waals surface area contributed by atoms with Crippen LogP contribution in [0.25, 0.3) is 0 Å². The third-order valence-corrected chi connectivity index (χ3v) is 1.60. The van der Waals surface area contributed by atoms with E-state index in [1.165, 1.54) is 11.5 Å². The number of pyridine rings is 1. The van der Waals surface area contributed by atoms with E-state index in [-0.39, 0.29) is 17.9 Å². The molecule has 0 fully saturated rings. The summed E-state index contributed by atoms with van der Waals surface area (Å²) in [5, 5.41) is 0. The number of hydrogen-bond acceptors (Lipinski definition) is 2. The summed E-state index contributed by atoms with van der Waals surface area (Å²) in [4.78, 5) is 22.0. The summed E-state index contributed by atoms with van der Waals surface area (Å²) in [6.07, 6.45) is 1.62. The topological polar surface area (TPSA) is 39.1 Å². The Labute approximate surface area is 70.6 Å². The molecular weight excluding hydrogens is 154 g/mol. The summed E-state index contributed by atoms with van der Waals surface area (Å²) in [5.74, 6) is -0.0114. The Morgan fingerprint density at radius 1 is 1.58 bits per heavy atom. The van der Waals surface area contributed by atoms with Crippen LogP contribution in [0.15, 0.2) is 23.1 Å². The average Bonchev–Trinajstić information content (AvgIpc) is 1.98. The minimum Gasteiger partial charge on any atom is -0.308 e. The van der Waals surface area contributed by atoms with E-state index in [2.05, 4.69) is 0 Å². The lowest BCUT2D eigenvalue weighted by molar-refractivity contribution is -0.117. The van der Waals surface area contributed by atoms with Gasteiger partial charge in [-0.2, -0.15) is 0 Å². The molecule has 12 heavy (non-hydrogen) atoms. The van der Waals surface area contributed by atoms with Gasteiger partial charge < -0.3 is 4.57 Å². The lowest BCUT2D eigenvalue weighted by atomic mass is 10.3. The molecular formula is C9H11NO2. The Balaban J connectivity index is 3.09. The number of carbonyl (C=O) groups excluding carboxylic acids is 1. The maximum Gasteiger partial charge on any atom is 0.253 e. The molecule has 0 aromatic carbocycles. The maximum atomic E-state index is 11.3. The van der Waals surface area contributed by atoms with Crippen LogP contribution in [0.1, 0.15) is 12.5 Å². The number of Topliss-reactive ketones (excluding diaryl/α,β-unsaturated/α-hetero) is 1. The van der Waals surface area contributed by atoms with Crippen LogP contribution in [0.2, 0.25) is 0 Å². The monoisotopic (exact) mass is 165 g/mol. The highest BCUT2D eigenvalue weighted by Crippen LogP contribution is 1.89. The number of nitrogens with zero attached hydrogens (tertiary/aromatic N) is 1. The summed E-state index contributed by atoms with van der Waals surface area (Å²) in [6.45, 7) is 3.37. The van der Waals surface area contributed by atoms with Crippen LogP contribution in [-0.4, -0.2) is 10.4 Å². The second-order valence-corrected chi connectivity index (χ2v) is 2.83. The molecule has 64 valence electrons. The Hall–Kier alpha value is -1.38. The van der Waals surface area contributed by atoms with Crippen molar-refractivity contribution in [2.75, 3.05) is 0 Å². The van der Waals surface area contributed by atoms with Gasteiger partial charge in [0.05, 0.1) is 6.54 Å². The van der Waals surface area contributed by atoms with Gasteiger partial charge in [-0.15, -0.1) is 0 Å². The van der Waals surface area contributed by atoms with Gasteiger partial charge >= 0.3 is 0 Å². The fourth-order valence-corrected chi connectivity index (χ4v) is 1.02. The van der Waals surface area contributed by atoms with Gasteiger partial charge in [-0.1, -0.05) is 6.07 Å². The van der Waals surface area contributed by atoms with Crippen molar-refractivity contribution in [1.82, 2.24) is 4.57 Å². The zero-order valence-electron chi connectivity index (χ0n) is 7.20. The van der Waals surface area contributed by atoms with Crippen molar-refractivity contribution in [2.45, 2.75) is 20.4 Å². The summed E-state index contributed by atoms with van der Waals surface area (Å²) < 4.78 is 1.41. The third kappa shape index (κ3) is 1.81. The summed E-state index contributed by atoms with van der Waals surface area (Å²) in [5.41, 5.74) is 0.575. The molecule has 0 amide bonds. The second-order valence-electron chi connectivity index (χ2n) is 2.83. The molecule has 3 heteroatoms. The predicted octanol–water partition coefficient (Wildman–Crippen LogP) is 0.746. The summed E-state index contributed by atoms with van der Waals surface area (Å²) in [7, 11) is 0. The highest BCUT2D eigenvalue weighted by Gasteiger charge is 1.99. The van der Waals surface area contributed by atoms with Gasteiger partial charge in [0.25, 0.3) is 5.56 Å². The Kier molecular flexibility index (Phi) is 2.43. The van der Waals surface area contributed by atoms with Gasteiger partial charge in [-0.25, -0.2) is 0 Å². The van der Waals surface area contributed by atoms with Gasteiger partial charge in [0.15, 0.2) is 0 Å². The molecule has 0 radical (unpaired) electrons. The zero-order valence-corrected chi connectivity index (χ0v) is 7.20. The van der Waals surface area contributed by atoms with Crippen molar-refractivity contribution < 1.29 is 4.79 Å². The standard InChI is InChI=1S/C9H11NO2/c1-7-4-3-5-10(9(7)12)6-8(2)11/h3-5H,6H2,1-2H3. The van der Waals surface area contributed by atoms with Gasteiger partial charge in [-0.05, 0) is 19.9 Å². The normalized spacial score (nSPS) is 9.83. The molecule has 3 nitrogen and oxygen atoms in total. The van der Waals surface area contributed by atoms with Crippen molar-refractivity contribution in [3.05, 3.63) is 34.2 Å². The fourth-order valence-electron chi connectivity index (χ4n) is 1.02. The average molecular weight is 165 g/mol. The summed E-state index contributed by atoms with van der Waals surface area (Å²) in [6, 6.07) is 3.50. The molecule has 0 saturated heterocycles. The molecule has 0 unspecified atom stereocenters. The van der Waals surface area contributed by atoms with Crippen molar-refractivity contribution in [3.63, 3.8) is 0 Å². The first kappa shape index (κ1) is 8.71. The molecule has 0 N–H and O–H groups in total. The molecule has 0 aliphatic heterocycles. The minimum atomic E-state index is -0.0901. The van der Waals surface area contributed by atoms with Gasteiger partial charge in [0, 0.05) is 11.8 Å². The van der Waals surface area contributed by atoms with Crippen LogP contribution in [0.3, 0.4) is 0 Å². The molecule has 1 aromatic heterocycles. The SMILES string of the molecule is CC(=O)Cn1cccc(C)c1=O. The van der Waals surface area contributed by atoms with Crippen LogP contribution >= 0.6 is 0 Å². The number of aromatic nitrogens is 1. The molecule has 0 saturated carbocycles. The largest absolute Gasteiger partial charge is 0.308 e. The van der Waals surface area contributed by atoms with E-state index in [1.54, 1.807) is 25.3 Å². The van der Waals surface area contributed by atoms with E-state index >= 15 is 0 Å². The fraction of sp³-hybridized carbons (Fsp3) is 0.333. The molecule has 1 rings (SSSR count).